The Labute approximate surface area is 166 Å². The Balaban J connectivity index is 1.61. The van der Waals surface area contributed by atoms with Crippen LogP contribution in [-0.4, -0.2) is 25.8 Å². The topological polar surface area (TPSA) is 61.4 Å². The molecule has 0 saturated carbocycles. The van der Waals surface area contributed by atoms with Crippen LogP contribution in [0.3, 0.4) is 0 Å². The van der Waals surface area contributed by atoms with Crippen LogP contribution in [0.15, 0.2) is 70.9 Å². The summed E-state index contributed by atoms with van der Waals surface area (Å²) < 4.78 is 8.76. The van der Waals surface area contributed by atoms with Gasteiger partial charge in [0.15, 0.2) is 5.16 Å². The quantitative estimate of drug-likeness (QED) is 0.466. The molecule has 28 heavy (non-hydrogen) atoms. The van der Waals surface area contributed by atoms with Gasteiger partial charge in [0.2, 0.25) is 5.65 Å². The number of benzene rings is 2. The van der Waals surface area contributed by atoms with Crippen molar-refractivity contribution in [3.63, 3.8) is 0 Å². The molecule has 0 aliphatic heterocycles. The van der Waals surface area contributed by atoms with Crippen LogP contribution < -0.4 is 10.3 Å². The summed E-state index contributed by atoms with van der Waals surface area (Å²) in [4.78, 5) is 12.9. The zero-order valence-corrected chi connectivity index (χ0v) is 16.5. The number of aryl methyl sites for hydroxylation is 1. The molecule has 2 heterocycles. The molecule has 0 saturated heterocycles. The summed E-state index contributed by atoms with van der Waals surface area (Å²) in [6.07, 6.45) is 3.57. The fourth-order valence-electron chi connectivity index (χ4n) is 2.99. The van der Waals surface area contributed by atoms with Crippen LogP contribution in [0, 0.1) is 6.92 Å². The van der Waals surface area contributed by atoms with E-state index in [-0.39, 0.29) is 5.56 Å². The maximum atomic E-state index is 12.9. The van der Waals surface area contributed by atoms with E-state index in [9.17, 15) is 4.79 Å². The maximum absolute atomic E-state index is 12.9. The predicted molar refractivity (Wildman–Crippen MR) is 110 cm³/mol. The predicted octanol–water partition coefficient (Wildman–Crippen LogP) is 3.88. The van der Waals surface area contributed by atoms with Gasteiger partial charge >= 0.3 is 5.56 Å². The highest BCUT2D eigenvalue weighted by Gasteiger charge is 2.12. The number of fused-ring (bicyclic) bond motifs is 1. The first-order valence-corrected chi connectivity index (χ1v) is 10.0. The summed E-state index contributed by atoms with van der Waals surface area (Å²) in [7, 11) is 0. The van der Waals surface area contributed by atoms with Gasteiger partial charge in [0.1, 0.15) is 5.75 Å². The molecule has 0 aliphatic rings. The molecule has 0 aliphatic carbocycles. The van der Waals surface area contributed by atoms with E-state index in [1.54, 1.807) is 26.9 Å². The fourth-order valence-corrected chi connectivity index (χ4v) is 3.85. The Morgan fingerprint density at radius 2 is 1.89 bits per heavy atom. The number of hydrogen-bond acceptors (Lipinski definition) is 5. The van der Waals surface area contributed by atoms with E-state index in [0.717, 1.165) is 17.2 Å². The number of aromatic nitrogens is 4. The second kappa shape index (κ2) is 7.90. The Morgan fingerprint density at radius 1 is 1.07 bits per heavy atom. The van der Waals surface area contributed by atoms with Crippen molar-refractivity contribution in [2.24, 2.45) is 0 Å². The molecule has 0 amide bonds. The number of ether oxygens (including phenoxy) is 1. The highest BCUT2D eigenvalue weighted by molar-refractivity contribution is 7.98. The molecule has 2 aromatic carbocycles. The van der Waals surface area contributed by atoms with Gasteiger partial charge in [-0.1, -0.05) is 41.6 Å². The second-order valence-electron chi connectivity index (χ2n) is 6.35. The number of rotatable bonds is 6. The molecular formula is C21H20N4O2S. The molecule has 0 unspecified atom stereocenters. The molecule has 0 radical (unpaired) electrons. The zero-order chi connectivity index (χ0) is 19.5. The zero-order valence-electron chi connectivity index (χ0n) is 15.7. The third kappa shape index (κ3) is 3.66. The summed E-state index contributed by atoms with van der Waals surface area (Å²) in [6, 6.07) is 15.8. The summed E-state index contributed by atoms with van der Waals surface area (Å²) >= 11 is 1.56. The SMILES string of the molecule is CCOc1ccc(-n2ccn3c(SCc4cccc(C)c4)nnc3c2=O)cc1. The van der Waals surface area contributed by atoms with Crippen molar-refractivity contribution in [3.05, 3.63) is 82.4 Å². The molecule has 4 rings (SSSR count). The number of hydrogen-bond donors (Lipinski definition) is 0. The normalized spacial score (nSPS) is 11.1. The Kier molecular flexibility index (Phi) is 5.16. The van der Waals surface area contributed by atoms with Crippen LogP contribution >= 0.6 is 11.8 Å². The molecule has 142 valence electrons. The molecule has 0 spiro atoms. The Bertz CT molecular complexity index is 1170. The molecule has 7 heteroatoms. The van der Waals surface area contributed by atoms with Crippen molar-refractivity contribution in [1.82, 2.24) is 19.2 Å². The third-order valence-corrected chi connectivity index (χ3v) is 5.33. The fraction of sp³-hybridized carbons (Fsp3) is 0.190. The highest BCUT2D eigenvalue weighted by atomic mass is 32.2. The van der Waals surface area contributed by atoms with E-state index < -0.39 is 0 Å². The largest absolute Gasteiger partial charge is 0.494 e. The lowest BCUT2D eigenvalue weighted by Gasteiger charge is -2.08. The lowest BCUT2D eigenvalue weighted by molar-refractivity contribution is 0.340. The molecule has 0 atom stereocenters. The molecular weight excluding hydrogens is 372 g/mol. The van der Waals surface area contributed by atoms with Gasteiger partial charge in [-0.25, -0.2) is 0 Å². The lowest BCUT2D eigenvalue weighted by atomic mass is 10.2. The van der Waals surface area contributed by atoms with Crippen molar-refractivity contribution in [1.29, 1.82) is 0 Å². The van der Waals surface area contributed by atoms with Gasteiger partial charge in [-0.15, -0.1) is 10.2 Å². The van der Waals surface area contributed by atoms with Crippen molar-refractivity contribution in [2.75, 3.05) is 6.61 Å². The molecule has 2 aromatic heterocycles. The Morgan fingerprint density at radius 3 is 2.64 bits per heavy atom. The van der Waals surface area contributed by atoms with Crippen molar-refractivity contribution in [3.8, 4) is 11.4 Å². The average Bonchev–Trinajstić information content (AvgIpc) is 3.12. The van der Waals surface area contributed by atoms with Crippen LogP contribution in [0.2, 0.25) is 0 Å². The van der Waals surface area contributed by atoms with Gasteiger partial charge in [-0.3, -0.25) is 13.8 Å². The number of nitrogens with zero attached hydrogens (tertiary/aromatic N) is 4. The summed E-state index contributed by atoms with van der Waals surface area (Å²) in [5, 5.41) is 9.03. The lowest BCUT2D eigenvalue weighted by Crippen LogP contribution is -2.20. The van der Waals surface area contributed by atoms with Gasteiger partial charge in [0.25, 0.3) is 0 Å². The van der Waals surface area contributed by atoms with Gasteiger partial charge in [-0.2, -0.15) is 0 Å². The smallest absolute Gasteiger partial charge is 0.300 e. The van der Waals surface area contributed by atoms with Crippen molar-refractivity contribution in [2.45, 2.75) is 24.8 Å². The van der Waals surface area contributed by atoms with Gasteiger partial charge in [0, 0.05) is 23.8 Å². The third-order valence-electron chi connectivity index (χ3n) is 4.32. The molecule has 6 nitrogen and oxygen atoms in total. The molecule has 4 aromatic rings. The van der Waals surface area contributed by atoms with Gasteiger partial charge in [0.05, 0.1) is 6.61 Å². The van der Waals surface area contributed by atoms with E-state index in [1.807, 2.05) is 43.5 Å². The average molecular weight is 392 g/mol. The second-order valence-corrected chi connectivity index (χ2v) is 7.30. The van der Waals surface area contributed by atoms with Gasteiger partial charge < -0.3 is 4.74 Å². The standard InChI is InChI=1S/C21H20N4O2S/c1-3-27-18-9-7-17(8-10-18)24-11-12-25-19(20(24)26)22-23-21(25)28-14-16-6-4-5-15(2)13-16/h4-13H,3,14H2,1-2H3. The van der Waals surface area contributed by atoms with E-state index >= 15 is 0 Å². The van der Waals surface area contributed by atoms with Crippen LogP contribution in [0.5, 0.6) is 5.75 Å². The van der Waals surface area contributed by atoms with Crippen molar-refractivity contribution < 1.29 is 4.74 Å². The molecule has 0 bridgehead atoms. The van der Waals surface area contributed by atoms with E-state index in [1.165, 1.54) is 11.1 Å². The first-order valence-electron chi connectivity index (χ1n) is 9.03. The van der Waals surface area contributed by atoms with Crippen molar-refractivity contribution >= 4 is 17.4 Å². The Hall–Kier alpha value is -3.06. The molecule has 0 N–H and O–H groups in total. The highest BCUT2D eigenvalue weighted by Crippen LogP contribution is 2.22. The van der Waals surface area contributed by atoms with Crippen LogP contribution in [0.4, 0.5) is 0 Å². The van der Waals surface area contributed by atoms with Crippen LogP contribution in [0.25, 0.3) is 11.3 Å². The minimum atomic E-state index is -0.207. The minimum Gasteiger partial charge on any atom is -0.494 e. The first-order chi connectivity index (χ1) is 13.7. The molecule has 0 fully saturated rings. The first kappa shape index (κ1) is 18.3. The summed E-state index contributed by atoms with van der Waals surface area (Å²) in [6.45, 7) is 4.62. The maximum Gasteiger partial charge on any atom is 0.300 e. The van der Waals surface area contributed by atoms with E-state index in [0.29, 0.717) is 17.4 Å². The van der Waals surface area contributed by atoms with Crippen LogP contribution in [0.1, 0.15) is 18.1 Å². The summed E-state index contributed by atoms with van der Waals surface area (Å²) in [5.41, 5.74) is 3.30. The van der Waals surface area contributed by atoms with E-state index in [2.05, 4.69) is 35.3 Å². The van der Waals surface area contributed by atoms with Gasteiger partial charge in [-0.05, 0) is 43.7 Å². The summed E-state index contributed by atoms with van der Waals surface area (Å²) in [5.74, 6) is 1.54. The number of thioether (sulfide) groups is 1. The monoisotopic (exact) mass is 392 g/mol. The minimum absolute atomic E-state index is 0.207. The van der Waals surface area contributed by atoms with E-state index in [4.69, 9.17) is 4.74 Å². The van der Waals surface area contributed by atoms with Crippen LogP contribution in [-0.2, 0) is 5.75 Å².